The second-order valence-corrected chi connectivity index (χ2v) is 2.23. The fraction of sp³-hybridized carbons (Fsp3) is 0.714. The molecular formula is C7H10F3O. The molecular weight excluding hydrogens is 157 g/mol. The fourth-order valence-electron chi connectivity index (χ4n) is 0.604. The summed E-state index contributed by atoms with van der Waals surface area (Å²) in [6.45, 7) is 3.45. The van der Waals surface area contributed by atoms with Crippen molar-refractivity contribution in [2.24, 2.45) is 0 Å². The highest BCUT2D eigenvalue weighted by molar-refractivity contribution is 5.83. The van der Waals surface area contributed by atoms with E-state index < -0.39 is 18.4 Å². The summed E-state index contributed by atoms with van der Waals surface area (Å²) in [5, 5.41) is 0. The van der Waals surface area contributed by atoms with E-state index in [0.29, 0.717) is 12.8 Å². The van der Waals surface area contributed by atoms with E-state index in [9.17, 15) is 18.0 Å². The highest BCUT2D eigenvalue weighted by atomic mass is 19.4. The summed E-state index contributed by atoms with van der Waals surface area (Å²) in [5.74, 6) is -1.63. The van der Waals surface area contributed by atoms with Crippen molar-refractivity contribution in [3.05, 3.63) is 6.92 Å². The van der Waals surface area contributed by atoms with Gasteiger partial charge in [-0.05, 0) is 6.42 Å². The normalized spacial score (nSPS) is 11.6. The van der Waals surface area contributed by atoms with Crippen LogP contribution in [0.5, 0.6) is 0 Å². The number of halogens is 3. The zero-order valence-corrected chi connectivity index (χ0v) is 6.08. The van der Waals surface area contributed by atoms with Gasteiger partial charge in [-0.2, -0.15) is 13.2 Å². The third-order valence-electron chi connectivity index (χ3n) is 1.22. The zero-order chi connectivity index (χ0) is 8.91. The first-order chi connectivity index (χ1) is 4.98. The third kappa shape index (κ3) is 4.81. The van der Waals surface area contributed by atoms with Gasteiger partial charge >= 0.3 is 6.18 Å². The molecule has 0 aliphatic carbocycles. The Balaban J connectivity index is 3.54. The van der Waals surface area contributed by atoms with Gasteiger partial charge in [0.2, 0.25) is 5.78 Å². The molecule has 0 aromatic rings. The van der Waals surface area contributed by atoms with Crippen LogP contribution < -0.4 is 0 Å². The Kier molecular flexibility index (Phi) is 4.15. The van der Waals surface area contributed by atoms with Crippen molar-refractivity contribution in [2.45, 2.75) is 31.9 Å². The molecule has 0 saturated heterocycles. The number of unbranched alkanes of at least 4 members (excludes halogenated alkanes) is 2. The first-order valence-corrected chi connectivity index (χ1v) is 3.37. The first-order valence-electron chi connectivity index (χ1n) is 3.37. The Morgan fingerprint density at radius 3 is 2.18 bits per heavy atom. The van der Waals surface area contributed by atoms with E-state index in [0.717, 1.165) is 0 Å². The van der Waals surface area contributed by atoms with Crippen LogP contribution >= 0.6 is 0 Å². The average Bonchev–Trinajstić information content (AvgIpc) is 1.86. The topological polar surface area (TPSA) is 17.1 Å². The molecule has 0 spiro atoms. The monoisotopic (exact) mass is 167 g/mol. The van der Waals surface area contributed by atoms with Gasteiger partial charge in [-0.15, -0.1) is 0 Å². The van der Waals surface area contributed by atoms with Gasteiger partial charge in [-0.1, -0.05) is 19.8 Å². The Hall–Kier alpha value is -0.540. The number of hydrogen-bond acceptors (Lipinski definition) is 1. The lowest BCUT2D eigenvalue weighted by molar-refractivity contribution is -0.171. The van der Waals surface area contributed by atoms with Crippen molar-refractivity contribution < 1.29 is 18.0 Å². The zero-order valence-electron chi connectivity index (χ0n) is 6.08. The van der Waals surface area contributed by atoms with Crippen LogP contribution in [0.2, 0.25) is 0 Å². The van der Waals surface area contributed by atoms with E-state index in [1.807, 2.05) is 0 Å². The maximum atomic E-state index is 11.5. The van der Waals surface area contributed by atoms with Crippen LogP contribution in [0, 0.1) is 6.92 Å². The van der Waals surface area contributed by atoms with Gasteiger partial charge in [0, 0.05) is 6.42 Å². The van der Waals surface area contributed by atoms with E-state index in [4.69, 9.17) is 0 Å². The van der Waals surface area contributed by atoms with Crippen LogP contribution in [0.4, 0.5) is 13.2 Å². The minimum atomic E-state index is -4.65. The molecule has 0 atom stereocenters. The minimum absolute atomic E-state index is 0.280. The highest BCUT2D eigenvalue weighted by Crippen LogP contribution is 2.19. The number of ketones is 1. The fourth-order valence-corrected chi connectivity index (χ4v) is 0.604. The van der Waals surface area contributed by atoms with E-state index in [2.05, 4.69) is 6.92 Å². The van der Waals surface area contributed by atoms with Crippen molar-refractivity contribution in [1.29, 1.82) is 0 Å². The number of Topliss-reactive ketones (excluding diaryl/α,β-unsaturated/α-hetero) is 1. The van der Waals surface area contributed by atoms with Gasteiger partial charge in [0.25, 0.3) is 0 Å². The summed E-state index contributed by atoms with van der Waals surface area (Å²) in [4.78, 5) is 10.2. The predicted molar refractivity (Wildman–Crippen MR) is 34.9 cm³/mol. The van der Waals surface area contributed by atoms with Crippen molar-refractivity contribution in [3.8, 4) is 0 Å². The Morgan fingerprint density at radius 1 is 1.27 bits per heavy atom. The molecule has 0 amide bonds. The lowest BCUT2D eigenvalue weighted by Crippen LogP contribution is -2.22. The molecule has 0 unspecified atom stereocenters. The molecule has 0 aromatic heterocycles. The summed E-state index contributed by atoms with van der Waals surface area (Å²) in [6, 6.07) is 0. The van der Waals surface area contributed by atoms with Crippen LogP contribution in [-0.2, 0) is 4.79 Å². The van der Waals surface area contributed by atoms with E-state index in [-0.39, 0.29) is 6.42 Å². The van der Waals surface area contributed by atoms with Gasteiger partial charge in [-0.3, -0.25) is 4.79 Å². The van der Waals surface area contributed by atoms with Crippen molar-refractivity contribution in [3.63, 3.8) is 0 Å². The Bertz CT molecular complexity index is 128. The van der Waals surface area contributed by atoms with Crippen molar-refractivity contribution >= 4 is 5.78 Å². The number of carbonyl (C=O) groups excluding carboxylic acids is 1. The molecule has 0 fully saturated rings. The molecule has 0 aromatic carbocycles. The van der Waals surface area contributed by atoms with E-state index in [1.54, 1.807) is 0 Å². The first kappa shape index (κ1) is 10.5. The number of rotatable bonds is 4. The van der Waals surface area contributed by atoms with Gasteiger partial charge < -0.3 is 0 Å². The van der Waals surface area contributed by atoms with Crippen LogP contribution in [0.3, 0.4) is 0 Å². The molecule has 4 heteroatoms. The number of carbonyl (C=O) groups is 1. The Morgan fingerprint density at radius 2 is 1.82 bits per heavy atom. The smallest absolute Gasteiger partial charge is 0.290 e. The lowest BCUT2D eigenvalue weighted by atomic mass is 10.1. The van der Waals surface area contributed by atoms with Gasteiger partial charge in [-0.25, -0.2) is 0 Å². The molecule has 0 N–H and O–H groups in total. The van der Waals surface area contributed by atoms with E-state index >= 15 is 0 Å². The standard InChI is InChI=1S/C7H10F3O/c1-2-3-4-5-6(11)7(8,9)10/h1-5H2. The summed E-state index contributed by atoms with van der Waals surface area (Å²) < 4.78 is 34.5. The summed E-state index contributed by atoms with van der Waals surface area (Å²) in [5.41, 5.74) is 0. The average molecular weight is 167 g/mol. The summed E-state index contributed by atoms with van der Waals surface area (Å²) >= 11 is 0. The van der Waals surface area contributed by atoms with E-state index in [1.165, 1.54) is 0 Å². The van der Waals surface area contributed by atoms with Crippen LogP contribution in [0.25, 0.3) is 0 Å². The summed E-state index contributed by atoms with van der Waals surface area (Å²) in [6.07, 6.45) is -3.63. The second-order valence-electron chi connectivity index (χ2n) is 2.23. The van der Waals surface area contributed by atoms with Crippen molar-refractivity contribution in [1.82, 2.24) is 0 Å². The molecule has 0 aliphatic rings. The molecule has 0 heterocycles. The largest absolute Gasteiger partial charge is 0.449 e. The quantitative estimate of drug-likeness (QED) is 0.588. The van der Waals surface area contributed by atoms with Crippen LogP contribution in [0.1, 0.15) is 25.7 Å². The predicted octanol–water partition coefficient (Wildman–Crippen LogP) is 2.51. The van der Waals surface area contributed by atoms with Gasteiger partial charge in [0.15, 0.2) is 0 Å². The molecule has 1 radical (unpaired) electrons. The minimum Gasteiger partial charge on any atom is -0.290 e. The molecule has 0 bridgehead atoms. The maximum absolute atomic E-state index is 11.5. The molecule has 1 nitrogen and oxygen atoms in total. The molecule has 11 heavy (non-hydrogen) atoms. The highest BCUT2D eigenvalue weighted by Gasteiger charge is 2.36. The van der Waals surface area contributed by atoms with Crippen LogP contribution in [0.15, 0.2) is 0 Å². The van der Waals surface area contributed by atoms with Crippen LogP contribution in [-0.4, -0.2) is 12.0 Å². The Labute approximate surface area is 63.6 Å². The number of alkyl halides is 3. The third-order valence-corrected chi connectivity index (χ3v) is 1.22. The lowest BCUT2D eigenvalue weighted by Gasteiger charge is -2.03. The maximum Gasteiger partial charge on any atom is 0.449 e. The SMILES string of the molecule is [CH2]CCCCC(=O)C(F)(F)F. The molecule has 65 valence electrons. The molecule has 0 rings (SSSR count). The molecule has 0 saturated carbocycles. The van der Waals surface area contributed by atoms with Gasteiger partial charge in [0.05, 0.1) is 0 Å². The number of hydrogen-bond donors (Lipinski definition) is 0. The van der Waals surface area contributed by atoms with Crippen molar-refractivity contribution in [2.75, 3.05) is 0 Å². The second kappa shape index (κ2) is 4.36. The molecule has 0 aliphatic heterocycles. The summed E-state index contributed by atoms with van der Waals surface area (Å²) in [7, 11) is 0. The van der Waals surface area contributed by atoms with Gasteiger partial charge in [0.1, 0.15) is 0 Å².